The van der Waals surface area contributed by atoms with E-state index in [4.69, 9.17) is 14.2 Å². The van der Waals surface area contributed by atoms with Crippen LogP contribution in [0.4, 0.5) is 4.79 Å². The Balaban J connectivity index is 1.57. The van der Waals surface area contributed by atoms with E-state index in [0.717, 1.165) is 37.7 Å². The fourth-order valence-corrected chi connectivity index (χ4v) is 6.00. The summed E-state index contributed by atoms with van der Waals surface area (Å²) in [5, 5.41) is 2.98. The lowest BCUT2D eigenvalue weighted by Crippen LogP contribution is -2.60. The second-order valence-corrected chi connectivity index (χ2v) is 11.3. The molecular weight excluding hydrogens is 486 g/mol. The van der Waals surface area contributed by atoms with E-state index in [0.29, 0.717) is 31.1 Å². The summed E-state index contributed by atoms with van der Waals surface area (Å²) in [6, 6.07) is 9.87. The molecular formula is C30H39NO5S. The van der Waals surface area contributed by atoms with Crippen LogP contribution in [-0.2, 0) is 25.4 Å². The summed E-state index contributed by atoms with van der Waals surface area (Å²) in [5.74, 6) is -0.424. The Labute approximate surface area is 224 Å². The molecule has 2 bridgehead atoms. The molecule has 37 heavy (non-hydrogen) atoms. The molecule has 0 radical (unpaired) electrons. The quantitative estimate of drug-likeness (QED) is 0.467. The van der Waals surface area contributed by atoms with Crippen molar-refractivity contribution in [3.63, 3.8) is 0 Å². The lowest BCUT2D eigenvalue weighted by molar-refractivity contribution is -0.305. The number of carbonyl (C=O) groups excluding carboxylic acids is 2. The number of esters is 1. The van der Waals surface area contributed by atoms with Gasteiger partial charge in [0.05, 0.1) is 18.8 Å². The van der Waals surface area contributed by atoms with Gasteiger partial charge < -0.3 is 19.5 Å². The van der Waals surface area contributed by atoms with Crippen LogP contribution in [0.2, 0.25) is 0 Å². The first kappa shape index (κ1) is 27.7. The van der Waals surface area contributed by atoms with E-state index < -0.39 is 5.79 Å². The second kappa shape index (κ2) is 13.4. The topological polar surface area (TPSA) is 73.9 Å². The molecule has 3 aliphatic rings. The Kier molecular flexibility index (Phi) is 10.1. The molecule has 0 aromatic heterocycles. The van der Waals surface area contributed by atoms with Gasteiger partial charge in [-0.05, 0) is 50.5 Å². The molecule has 1 aromatic rings. The molecule has 200 valence electrons. The number of hydrogen-bond donors (Lipinski definition) is 1. The lowest BCUT2D eigenvalue weighted by Gasteiger charge is -2.46. The largest absolute Gasteiger partial charge is 0.459 e. The van der Waals surface area contributed by atoms with Gasteiger partial charge in [-0.25, -0.2) is 4.79 Å². The summed E-state index contributed by atoms with van der Waals surface area (Å²) in [6.07, 6.45) is 14.8. The van der Waals surface area contributed by atoms with Crippen molar-refractivity contribution in [1.82, 2.24) is 5.32 Å². The zero-order chi connectivity index (χ0) is 26.1. The average molecular weight is 526 g/mol. The van der Waals surface area contributed by atoms with Gasteiger partial charge in [0.25, 0.3) is 5.24 Å². The van der Waals surface area contributed by atoms with Crippen LogP contribution in [0.15, 0.2) is 66.3 Å². The number of fused-ring (bicyclic) bond motifs is 2. The van der Waals surface area contributed by atoms with Gasteiger partial charge in [0.2, 0.25) is 0 Å². The average Bonchev–Trinajstić information content (AvgIpc) is 3.32. The Morgan fingerprint density at radius 3 is 2.76 bits per heavy atom. The van der Waals surface area contributed by atoms with E-state index in [1.54, 1.807) is 6.08 Å². The first-order valence-electron chi connectivity index (χ1n) is 13.4. The van der Waals surface area contributed by atoms with Crippen LogP contribution < -0.4 is 5.32 Å². The highest BCUT2D eigenvalue weighted by Crippen LogP contribution is 2.39. The van der Waals surface area contributed by atoms with E-state index in [1.807, 2.05) is 25.1 Å². The number of hydrogen-bond acceptors (Lipinski definition) is 6. The van der Waals surface area contributed by atoms with Crippen molar-refractivity contribution in [3.05, 3.63) is 71.8 Å². The Morgan fingerprint density at radius 1 is 1.14 bits per heavy atom. The van der Waals surface area contributed by atoms with Gasteiger partial charge in [-0.3, -0.25) is 4.79 Å². The fourth-order valence-electron chi connectivity index (χ4n) is 5.12. The fraction of sp³-hybridized carbons (Fsp3) is 0.533. The number of thioether (sulfide) groups is 1. The number of amides is 1. The number of ether oxygens (including phenoxy) is 3. The van der Waals surface area contributed by atoms with Crippen molar-refractivity contribution in [2.45, 2.75) is 82.8 Å². The Morgan fingerprint density at radius 2 is 1.97 bits per heavy atom. The zero-order valence-electron chi connectivity index (χ0n) is 21.9. The molecule has 2 saturated heterocycles. The van der Waals surface area contributed by atoms with Gasteiger partial charge >= 0.3 is 5.97 Å². The number of allylic oxidation sites excluding steroid dienone is 5. The van der Waals surface area contributed by atoms with Crippen LogP contribution in [0, 0.1) is 5.92 Å². The maximum absolute atomic E-state index is 12.8. The maximum atomic E-state index is 12.8. The minimum atomic E-state index is -1.05. The third-order valence-corrected chi connectivity index (χ3v) is 8.05. The molecule has 0 unspecified atom stereocenters. The summed E-state index contributed by atoms with van der Waals surface area (Å²) in [6.45, 7) is 4.61. The summed E-state index contributed by atoms with van der Waals surface area (Å²) in [7, 11) is 0. The van der Waals surface area contributed by atoms with Gasteiger partial charge in [0, 0.05) is 24.7 Å². The van der Waals surface area contributed by atoms with Gasteiger partial charge in [-0.1, -0.05) is 78.9 Å². The standard InChI is InChI=1S/C30H39NO5S/c1-22-10-6-3-4-7-11-23(2)18-28(32)35-26-19-25(15-14-22)36-30(20-26,27-21-37-29(33)31-27)34-17-16-24-12-8-5-9-13-24/h3-6,8-10,12-13,18,22,25-27H,7,11,14-17,19-21H2,1-2H3,(H,31,33)/b4-3+,10-6-,23-18-/t22-,25-,26-,27+,30-/m1/s1. The van der Waals surface area contributed by atoms with Crippen molar-refractivity contribution in [2.75, 3.05) is 12.4 Å². The summed E-state index contributed by atoms with van der Waals surface area (Å²) in [5.41, 5.74) is 2.17. The Hall–Kier alpha value is -2.35. The molecule has 0 saturated carbocycles. The van der Waals surface area contributed by atoms with Gasteiger partial charge in [-0.15, -0.1) is 0 Å². The molecule has 1 N–H and O–H groups in total. The van der Waals surface area contributed by atoms with Crippen LogP contribution >= 0.6 is 11.8 Å². The lowest BCUT2D eigenvalue weighted by atomic mass is 9.90. The molecule has 1 amide bonds. The SMILES string of the molecule is C/C1=C/C(=O)O[C@@H]2C[C@@H](CC[C@H](C)/C=C\C=C\CC1)O[C@@](OCCc1ccccc1)([C@@H]1CSC(=O)N1)C2. The second-order valence-electron chi connectivity index (χ2n) is 10.3. The molecule has 3 heterocycles. The van der Waals surface area contributed by atoms with E-state index in [1.165, 1.54) is 17.3 Å². The molecule has 0 aliphatic carbocycles. The molecule has 1 aromatic carbocycles. The van der Waals surface area contributed by atoms with E-state index >= 15 is 0 Å². The molecule has 0 spiro atoms. The van der Waals surface area contributed by atoms with Crippen molar-refractivity contribution >= 4 is 23.0 Å². The van der Waals surface area contributed by atoms with Crippen molar-refractivity contribution in [1.29, 1.82) is 0 Å². The minimum Gasteiger partial charge on any atom is -0.459 e. The van der Waals surface area contributed by atoms with Gasteiger partial charge in [0.15, 0.2) is 5.79 Å². The molecule has 5 atom stereocenters. The van der Waals surface area contributed by atoms with Crippen molar-refractivity contribution in [2.24, 2.45) is 5.92 Å². The summed E-state index contributed by atoms with van der Waals surface area (Å²) >= 11 is 1.25. The van der Waals surface area contributed by atoms with Crippen molar-refractivity contribution in [3.8, 4) is 0 Å². The highest BCUT2D eigenvalue weighted by atomic mass is 32.2. The zero-order valence-corrected chi connectivity index (χ0v) is 22.7. The van der Waals surface area contributed by atoms with E-state index in [-0.39, 0.29) is 29.5 Å². The first-order chi connectivity index (χ1) is 17.9. The van der Waals surface area contributed by atoms with Crippen LogP contribution in [0.1, 0.15) is 57.9 Å². The molecule has 3 aliphatic heterocycles. The molecule has 7 heteroatoms. The first-order valence-corrected chi connectivity index (χ1v) is 14.4. The van der Waals surface area contributed by atoms with Crippen molar-refractivity contribution < 1.29 is 23.8 Å². The van der Waals surface area contributed by atoms with E-state index in [2.05, 4.69) is 48.7 Å². The highest BCUT2D eigenvalue weighted by Gasteiger charge is 2.51. The maximum Gasteiger partial charge on any atom is 0.330 e. The highest BCUT2D eigenvalue weighted by molar-refractivity contribution is 8.14. The molecule has 2 fully saturated rings. The number of carbonyl (C=O) groups is 2. The minimum absolute atomic E-state index is 0.0740. The van der Waals surface area contributed by atoms with Crippen LogP contribution in [0.5, 0.6) is 0 Å². The van der Waals surface area contributed by atoms with Gasteiger partial charge in [0.1, 0.15) is 6.10 Å². The third kappa shape index (κ3) is 8.32. The predicted octanol–water partition coefficient (Wildman–Crippen LogP) is 6.13. The third-order valence-electron chi connectivity index (χ3n) is 7.17. The smallest absolute Gasteiger partial charge is 0.330 e. The Bertz CT molecular complexity index is 1010. The van der Waals surface area contributed by atoms with Crippen LogP contribution in [0.3, 0.4) is 0 Å². The summed E-state index contributed by atoms with van der Waals surface area (Å²) < 4.78 is 19.3. The summed E-state index contributed by atoms with van der Waals surface area (Å²) in [4.78, 5) is 25.0. The van der Waals surface area contributed by atoms with Gasteiger partial charge in [-0.2, -0.15) is 0 Å². The molecule has 4 rings (SSSR count). The van der Waals surface area contributed by atoms with E-state index in [9.17, 15) is 9.59 Å². The number of benzene rings is 1. The predicted molar refractivity (Wildman–Crippen MR) is 147 cm³/mol. The number of rotatable bonds is 5. The van der Waals surface area contributed by atoms with Crippen LogP contribution in [-0.4, -0.2) is 47.6 Å². The number of nitrogens with one attached hydrogen (secondary N) is 1. The normalized spacial score (nSPS) is 34.6. The van der Waals surface area contributed by atoms with Crippen LogP contribution in [0.25, 0.3) is 0 Å². The molecule has 6 nitrogen and oxygen atoms in total. The monoisotopic (exact) mass is 525 g/mol.